The van der Waals surface area contributed by atoms with Crippen molar-refractivity contribution in [2.45, 2.75) is 18.2 Å². The number of carbonyl (C=O) groups is 1. The summed E-state index contributed by atoms with van der Waals surface area (Å²) in [5.74, 6) is -11.9. The molecule has 2 rings (SSSR count). The van der Waals surface area contributed by atoms with Gasteiger partial charge in [0.2, 0.25) is 5.82 Å². The third kappa shape index (κ3) is 2.77. The number of alkyl halides is 1. The third-order valence-corrected chi connectivity index (χ3v) is 4.87. The summed E-state index contributed by atoms with van der Waals surface area (Å²) in [6.07, 6.45) is 0.530. The number of piperidine rings is 1. The number of amides is 1. The van der Waals surface area contributed by atoms with Gasteiger partial charge < -0.3 is 4.90 Å². The van der Waals surface area contributed by atoms with Crippen molar-refractivity contribution in [3.63, 3.8) is 0 Å². The quantitative estimate of drug-likeness (QED) is 0.319. The van der Waals surface area contributed by atoms with Gasteiger partial charge in [-0.15, -0.1) is 0 Å². The highest BCUT2D eigenvalue weighted by Gasteiger charge is 2.34. The van der Waals surface area contributed by atoms with Crippen LogP contribution >= 0.6 is 15.9 Å². The summed E-state index contributed by atoms with van der Waals surface area (Å²) in [6.45, 7) is 2.17. The summed E-state index contributed by atoms with van der Waals surface area (Å²) in [6, 6.07) is 0. The molecule has 1 aromatic carbocycles. The van der Waals surface area contributed by atoms with Crippen molar-refractivity contribution in [3.8, 4) is 0 Å². The molecule has 0 bridgehead atoms. The second-order valence-corrected chi connectivity index (χ2v) is 6.15. The highest BCUT2D eigenvalue weighted by molar-refractivity contribution is 9.09. The van der Waals surface area contributed by atoms with Gasteiger partial charge in [-0.1, -0.05) is 22.9 Å². The second-order valence-electron chi connectivity index (χ2n) is 4.98. The van der Waals surface area contributed by atoms with E-state index >= 15 is 0 Å². The number of carbonyl (C=O) groups excluding carboxylic acids is 1. The molecule has 0 saturated carbocycles. The lowest BCUT2D eigenvalue weighted by atomic mass is 9.99. The van der Waals surface area contributed by atoms with Crippen molar-refractivity contribution in [1.82, 2.24) is 4.90 Å². The Bertz CT molecular complexity index is 565. The van der Waals surface area contributed by atoms with Crippen molar-refractivity contribution in [2.24, 2.45) is 5.92 Å². The fourth-order valence-corrected chi connectivity index (χ4v) is 2.62. The molecule has 8 heteroatoms. The summed E-state index contributed by atoms with van der Waals surface area (Å²) in [4.78, 5) is 13.3. The van der Waals surface area contributed by atoms with Crippen molar-refractivity contribution in [2.75, 3.05) is 13.1 Å². The van der Waals surface area contributed by atoms with E-state index < -0.39 is 40.6 Å². The summed E-state index contributed by atoms with van der Waals surface area (Å²) in [5.41, 5.74) is -1.40. The molecular weight excluding hydrogens is 361 g/mol. The van der Waals surface area contributed by atoms with Gasteiger partial charge in [0.25, 0.3) is 5.91 Å². The zero-order valence-electron chi connectivity index (χ0n) is 10.9. The van der Waals surface area contributed by atoms with E-state index in [1.54, 1.807) is 0 Å². The molecule has 0 N–H and O–H groups in total. The van der Waals surface area contributed by atoms with Crippen LogP contribution in [0.2, 0.25) is 0 Å². The van der Waals surface area contributed by atoms with Crippen LogP contribution < -0.4 is 0 Å². The maximum atomic E-state index is 13.6. The van der Waals surface area contributed by atoms with Crippen molar-refractivity contribution >= 4 is 21.8 Å². The standard InChI is InChI=1S/C13H11BrF5NO/c1-5-4-20(3-2-6(5)14)13(21)7-8(15)10(17)12(19)11(18)9(7)16/h5-6H,2-4H2,1H3. The zero-order valence-corrected chi connectivity index (χ0v) is 12.5. The first-order valence-electron chi connectivity index (χ1n) is 6.20. The molecule has 2 nitrogen and oxygen atoms in total. The van der Waals surface area contributed by atoms with Crippen LogP contribution in [0.25, 0.3) is 0 Å². The van der Waals surface area contributed by atoms with Gasteiger partial charge in [-0.3, -0.25) is 4.79 Å². The Morgan fingerprint density at radius 1 is 1.05 bits per heavy atom. The molecule has 0 aromatic heterocycles. The molecule has 0 aliphatic carbocycles. The highest BCUT2D eigenvalue weighted by Crippen LogP contribution is 2.28. The average molecular weight is 372 g/mol. The van der Waals surface area contributed by atoms with E-state index in [2.05, 4.69) is 15.9 Å². The van der Waals surface area contributed by atoms with Crippen molar-refractivity contribution < 1.29 is 26.7 Å². The Kier molecular flexibility index (Phi) is 4.55. The zero-order chi connectivity index (χ0) is 15.9. The van der Waals surface area contributed by atoms with Crippen LogP contribution in [0, 0.1) is 35.0 Å². The Balaban J connectivity index is 2.41. The van der Waals surface area contributed by atoms with Crippen LogP contribution in [0.4, 0.5) is 22.0 Å². The number of hydrogen-bond donors (Lipinski definition) is 0. The van der Waals surface area contributed by atoms with Gasteiger partial charge >= 0.3 is 0 Å². The van der Waals surface area contributed by atoms with Crippen LogP contribution in [-0.2, 0) is 0 Å². The molecule has 0 radical (unpaired) electrons. The van der Waals surface area contributed by atoms with E-state index in [-0.39, 0.29) is 23.8 Å². The van der Waals surface area contributed by atoms with E-state index in [1.165, 1.54) is 0 Å². The van der Waals surface area contributed by atoms with Gasteiger partial charge in [0.15, 0.2) is 23.3 Å². The Hall–Kier alpha value is -1.18. The van der Waals surface area contributed by atoms with E-state index in [4.69, 9.17) is 0 Å². The fourth-order valence-electron chi connectivity index (χ4n) is 2.25. The monoisotopic (exact) mass is 371 g/mol. The summed E-state index contributed by atoms with van der Waals surface area (Å²) < 4.78 is 66.4. The van der Waals surface area contributed by atoms with Crippen LogP contribution in [0.1, 0.15) is 23.7 Å². The van der Waals surface area contributed by atoms with E-state index in [9.17, 15) is 26.7 Å². The minimum absolute atomic E-state index is 0.00367. The molecule has 2 unspecified atom stereocenters. The van der Waals surface area contributed by atoms with Crippen LogP contribution in [0.5, 0.6) is 0 Å². The molecule has 2 atom stereocenters. The molecule has 21 heavy (non-hydrogen) atoms. The molecule has 1 aliphatic rings. The predicted molar refractivity (Wildman–Crippen MR) is 68.6 cm³/mol. The Morgan fingerprint density at radius 2 is 1.52 bits per heavy atom. The first-order valence-corrected chi connectivity index (χ1v) is 7.12. The van der Waals surface area contributed by atoms with Gasteiger partial charge in [0.05, 0.1) is 0 Å². The summed E-state index contributed by atoms with van der Waals surface area (Å²) in [5, 5.41) is 0. The third-order valence-electron chi connectivity index (χ3n) is 3.51. The Labute approximate surface area is 126 Å². The van der Waals surface area contributed by atoms with E-state index in [0.29, 0.717) is 6.42 Å². The van der Waals surface area contributed by atoms with Gasteiger partial charge in [-0.2, -0.15) is 0 Å². The summed E-state index contributed by atoms with van der Waals surface area (Å²) >= 11 is 3.39. The van der Waals surface area contributed by atoms with Gasteiger partial charge in [-0.05, 0) is 12.3 Å². The lowest BCUT2D eigenvalue weighted by molar-refractivity contribution is 0.0677. The average Bonchev–Trinajstić information content (AvgIpc) is 2.46. The largest absolute Gasteiger partial charge is 0.338 e. The van der Waals surface area contributed by atoms with Crippen LogP contribution in [-0.4, -0.2) is 28.7 Å². The number of benzene rings is 1. The van der Waals surface area contributed by atoms with Gasteiger partial charge in [-0.25, -0.2) is 22.0 Å². The molecular formula is C13H11BrF5NO. The van der Waals surface area contributed by atoms with E-state index in [0.717, 1.165) is 4.90 Å². The normalized spacial score (nSPS) is 22.5. The first-order chi connectivity index (χ1) is 9.75. The van der Waals surface area contributed by atoms with Crippen LogP contribution in [0.15, 0.2) is 0 Å². The molecule has 1 aromatic rings. The number of likely N-dealkylation sites (tertiary alicyclic amines) is 1. The lowest BCUT2D eigenvalue weighted by Gasteiger charge is -2.34. The molecule has 1 amide bonds. The number of halogens is 6. The van der Waals surface area contributed by atoms with Gasteiger partial charge in [0.1, 0.15) is 5.56 Å². The lowest BCUT2D eigenvalue weighted by Crippen LogP contribution is -2.44. The number of hydrogen-bond acceptors (Lipinski definition) is 1. The maximum absolute atomic E-state index is 13.6. The first kappa shape index (κ1) is 16.2. The maximum Gasteiger partial charge on any atom is 0.260 e. The molecule has 0 spiro atoms. The number of rotatable bonds is 1. The Morgan fingerprint density at radius 3 is 2.00 bits per heavy atom. The molecule has 1 aliphatic heterocycles. The fraction of sp³-hybridized carbons (Fsp3) is 0.462. The molecule has 1 fully saturated rings. The van der Waals surface area contributed by atoms with Crippen LogP contribution in [0.3, 0.4) is 0 Å². The molecule has 1 saturated heterocycles. The number of nitrogens with zero attached hydrogens (tertiary/aromatic N) is 1. The van der Waals surface area contributed by atoms with Crippen molar-refractivity contribution in [3.05, 3.63) is 34.6 Å². The highest BCUT2D eigenvalue weighted by atomic mass is 79.9. The smallest absolute Gasteiger partial charge is 0.260 e. The van der Waals surface area contributed by atoms with Gasteiger partial charge in [0, 0.05) is 17.9 Å². The van der Waals surface area contributed by atoms with Crippen molar-refractivity contribution in [1.29, 1.82) is 0 Å². The summed E-state index contributed by atoms with van der Waals surface area (Å²) in [7, 11) is 0. The SMILES string of the molecule is CC1CN(C(=O)c2c(F)c(F)c(F)c(F)c2F)CCC1Br. The minimum Gasteiger partial charge on any atom is -0.338 e. The minimum atomic E-state index is -2.27. The second kappa shape index (κ2) is 5.90. The topological polar surface area (TPSA) is 20.3 Å². The predicted octanol–water partition coefficient (Wildman–Crippen LogP) is 3.63. The molecule has 1 heterocycles. The van der Waals surface area contributed by atoms with E-state index in [1.807, 2.05) is 6.92 Å². The molecule has 116 valence electrons.